The average Bonchev–Trinajstić information content (AvgIpc) is 2.38. The Morgan fingerprint density at radius 1 is 1.20 bits per heavy atom. The van der Waals surface area contributed by atoms with Crippen molar-refractivity contribution in [2.24, 2.45) is 11.8 Å². The van der Waals surface area contributed by atoms with Gasteiger partial charge < -0.3 is 10.6 Å². The molecule has 0 atom stereocenters. The Labute approximate surface area is 117 Å². The van der Waals surface area contributed by atoms with E-state index in [1.54, 1.807) is 6.07 Å². The van der Waals surface area contributed by atoms with Gasteiger partial charge in [-0.05, 0) is 42.9 Å². The van der Waals surface area contributed by atoms with Gasteiger partial charge in [0.15, 0.2) is 0 Å². The number of alkyl halides is 3. The molecule has 2 rings (SSSR count). The molecular weight excluding hydrogens is 265 g/mol. The fraction of sp³-hybridized carbons (Fsp3) is 0.600. The van der Waals surface area contributed by atoms with Crippen molar-refractivity contribution in [1.82, 2.24) is 0 Å². The van der Waals surface area contributed by atoms with Crippen LogP contribution in [0.1, 0.15) is 32.3 Å². The zero-order valence-corrected chi connectivity index (χ0v) is 11.9. The van der Waals surface area contributed by atoms with E-state index in [9.17, 15) is 13.2 Å². The van der Waals surface area contributed by atoms with Gasteiger partial charge >= 0.3 is 6.18 Å². The molecule has 0 radical (unpaired) electrons. The maximum absolute atomic E-state index is 12.9. The molecule has 2 N–H and O–H groups in total. The average molecular weight is 286 g/mol. The van der Waals surface area contributed by atoms with Crippen LogP contribution in [0.4, 0.5) is 24.5 Å². The second-order valence-electron chi connectivity index (χ2n) is 5.84. The Kier molecular flexibility index (Phi) is 4.16. The van der Waals surface area contributed by atoms with Crippen molar-refractivity contribution in [3.05, 3.63) is 23.8 Å². The number of hydrogen-bond acceptors (Lipinski definition) is 2. The summed E-state index contributed by atoms with van der Waals surface area (Å²) >= 11 is 0. The lowest BCUT2D eigenvalue weighted by Gasteiger charge is -2.35. The number of anilines is 2. The van der Waals surface area contributed by atoms with Crippen LogP contribution in [0.5, 0.6) is 0 Å². The monoisotopic (exact) mass is 286 g/mol. The minimum absolute atomic E-state index is 0.210. The molecule has 112 valence electrons. The lowest BCUT2D eigenvalue weighted by atomic mass is 9.86. The minimum atomic E-state index is -4.39. The lowest BCUT2D eigenvalue weighted by molar-refractivity contribution is -0.136. The van der Waals surface area contributed by atoms with Crippen LogP contribution in [0.3, 0.4) is 0 Å². The van der Waals surface area contributed by atoms with E-state index in [4.69, 9.17) is 5.73 Å². The molecule has 1 aromatic rings. The van der Waals surface area contributed by atoms with Crippen LogP contribution in [0.25, 0.3) is 0 Å². The van der Waals surface area contributed by atoms with Crippen LogP contribution in [-0.2, 0) is 6.18 Å². The van der Waals surface area contributed by atoms with Crippen LogP contribution in [0.15, 0.2) is 18.2 Å². The normalized spacial score (nSPS) is 17.8. The van der Waals surface area contributed by atoms with E-state index < -0.39 is 11.7 Å². The number of halogens is 3. The van der Waals surface area contributed by atoms with E-state index in [2.05, 4.69) is 13.8 Å². The Morgan fingerprint density at radius 2 is 1.80 bits per heavy atom. The van der Waals surface area contributed by atoms with Gasteiger partial charge in [0, 0.05) is 24.5 Å². The molecular formula is C15H21F3N2. The van der Waals surface area contributed by atoms with Gasteiger partial charge in [-0.25, -0.2) is 0 Å². The molecule has 1 aliphatic rings. The number of nitrogens with two attached hydrogens (primary N) is 1. The molecule has 2 nitrogen and oxygen atoms in total. The number of nitrogen functional groups attached to an aromatic ring is 1. The Balaban J connectivity index is 2.15. The lowest BCUT2D eigenvalue weighted by Crippen LogP contribution is -2.35. The zero-order valence-electron chi connectivity index (χ0n) is 11.9. The number of hydrogen-bond donors (Lipinski definition) is 1. The summed E-state index contributed by atoms with van der Waals surface area (Å²) in [6, 6.07) is 4.21. The summed E-state index contributed by atoms with van der Waals surface area (Å²) in [5.74, 6) is 1.30. The molecule has 0 aliphatic carbocycles. The van der Waals surface area contributed by atoms with Crippen molar-refractivity contribution in [3.8, 4) is 0 Å². The summed E-state index contributed by atoms with van der Waals surface area (Å²) in [6.07, 6.45) is -2.33. The highest BCUT2D eigenvalue weighted by atomic mass is 19.4. The highest BCUT2D eigenvalue weighted by Gasteiger charge is 2.33. The van der Waals surface area contributed by atoms with Gasteiger partial charge in [-0.3, -0.25) is 0 Å². The Hall–Kier alpha value is -1.39. The first-order valence-corrected chi connectivity index (χ1v) is 7.00. The van der Waals surface area contributed by atoms with Crippen LogP contribution < -0.4 is 10.6 Å². The summed E-state index contributed by atoms with van der Waals surface area (Å²) in [4.78, 5) is 2.02. The van der Waals surface area contributed by atoms with E-state index in [-0.39, 0.29) is 5.69 Å². The second kappa shape index (κ2) is 5.54. The van der Waals surface area contributed by atoms with Gasteiger partial charge in [-0.15, -0.1) is 0 Å². The van der Waals surface area contributed by atoms with Crippen molar-refractivity contribution in [2.75, 3.05) is 23.7 Å². The molecule has 0 saturated carbocycles. The molecule has 0 unspecified atom stereocenters. The molecule has 1 heterocycles. The van der Waals surface area contributed by atoms with Crippen molar-refractivity contribution >= 4 is 11.4 Å². The molecule has 0 aromatic heterocycles. The minimum Gasteiger partial charge on any atom is -0.398 e. The Bertz CT molecular complexity index is 461. The van der Waals surface area contributed by atoms with E-state index in [0.29, 0.717) is 17.5 Å². The third-order valence-electron chi connectivity index (χ3n) is 4.19. The summed E-state index contributed by atoms with van der Waals surface area (Å²) in [7, 11) is 0. The molecule has 1 aromatic carbocycles. The second-order valence-corrected chi connectivity index (χ2v) is 5.84. The summed E-state index contributed by atoms with van der Waals surface area (Å²) in [5, 5.41) is 0. The first-order chi connectivity index (χ1) is 9.29. The number of nitrogens with zero attached hydrogens (tertiary/aromatic N) is 1. The zero-order chi connectivity index (χ0) is 14.9. The van der Waals surface area contributed by atoms with Gasteiger partial charge in [0.1, 0.15) is 0 Å². The smallest absolute Gasteiger partial charge is 0.398 e. The SMILES string of the molecule is CC(C)C1CCN(c2ccc(N)c(C(F)(F)F)c2)CC1. The maximum Gasteiger partial charge on any atom is 0.418 e. The van der Waals surface area contributed by atoms with Crippen LogP contribution >= 0.6 is 0 Å². The number of benzene rings is 1. The molecule has 1 aliphatic heterocycles. The van der Waals surface area contributed by atoms with Gasteiger partial charge in [0.25, 0.3) is 0 Å². The van der Waals surface area contributed by atoms with Gasteiger partial charge in [-0.1, -0.05) is 13.8 Å². The molecule has 1 fully saturated rings. The van der Waals surface area contributed by atoms with E-state index in [1.165, 1.54) is 12.1 Å². The molecule has 1 saturated heterocycles. The molecule has 0 spiro atoms. The van der Waals surface area contributed by atoms with Crippen LogP contribution in [0.2, 0.25) is 0 Å². The molecule has 20 heavy (non-hydrogen) atoms. The molecule has 0 bridgehead atoms. The Morgan fingerprint density at radius 3 is 2.30 bits per heavy atom. The van der Waals surface area contributed by atoms with Gasteiger partial charge in [0.05, 0.1) is 5.56 Å². The molecule has 0 amide bonds. The van der Waals surface area contributed by atoms with Crippen molar-refractivity contribution in [2.45, 2.75) is 32.9 Å². The van der Waals surface area contributed by atoms with E-state index in [1.807, 2.05) is 4.90 Å². The fourth-order valence-corrected chi connectivity index (χ4v) is 2.81. The van der Waals surface area contributed by atoms with Crippen LogP contribution in [0, 0.1) is 11.8 Å². The predicted octanol–water partition coefficient (Wildman–Crippen LogP) is 4.16. The quantitative estimate of drug-likeness (QED) is 0.827. The van der Waals surface area contributed by atoms with Gasteiger partial charge in [-0.2, -0.15) is 13.2 Å². The highest BCUT2D eigenvalue weighted by molar-refractivity contribution is 5.59. The first-order valence-electron chi connectivity index (χ1n) is 7.00. The third-order valence-corrected chi connectivity index (χ3v) is 4.19. The standard InChI is InChI=1S/C15H21F3N2/c1-10(2)11-5-7-20(8-6-11)12-3-4-14(19)13(9-12)15(16,17)18/h3-4,9-11H,5-8,19H2,1-2H3. The van der Waals surface area contributed by atoms with Crippen molar-refractivity contribution in [1.29, 1.82) is 0 Å². The van der Waals surface area contributed by atoms with E-state index >= 15 is 0 Å². The van der Waals surface area contributed by atoms with Crippen LogP contribution in [-0.4, -0.2) is 13.1 Å². The highest BCUT2D eigenvalue weighted by Crippen LogP contribution is 2.37. The van der Waals surface area contributed by atoms with Crippen molar-refractivity contribution in [3.63, 3.8) is 0 Å². The first kappa shape index (κ1) is 15.0. The summed E-state index contributed by atoms with van der Waals surface area (Å²) in [6.45, 7) is 6.02. The maximum atomic E-state index is 12.9. The topological polar surface area (TPSA) is 29.3 Å². The van der Waals surface area contributed by atoms with Gasteiger partial charge in [0.2, 0.25) is 0 Å². The predicted molar refractivity (Wildman–Crippen MR) is 75.6 cm³/mol. The van der Waals surface area contributed by atoms with Crippen molar-refractivity contribution < 1.29 is 13.2 Å². The summed E-state index contributed by atoms with van der Waals surface area (Å²) < 4.78 is 38.6. The molecule has 5 heteroatoms. The number of piperidine rings is 1. The largest absolute Gasteiger partial charge is 0.418 e. The summed E-state index contributed by atoms with van der Waals surface area (Å²) in [5.41, 5.74) is 5.10. The number of rotatable bonds is 2. The third kappa shape index (κ3) is 3.19. The fourth-order valence-electron chi connectivity index (χ4n) is 2.81. The van der Waals surface area contributed by atoms with E-state index in [0.717, 1.165) is 25.9 Å².